The van der Waals surface area contributed by atoms with Crippen LogP contribution in [0.3, 0.4) is 0 Å². The van der Waals surface area contributed by atoms with Gasteiger partial charge in [0.15, 0.2) is 0 Å². The van der Waals surface area contributed by atoms with Crippen molar-refractivity contribution in [1.82, 2.24) is 5.32 Å². The van der Waals surface area contributed by atoms with Crippen molar-refractivity contribution in [1.29, 1.82) is 0 Å². The Labute approximate surface area is 197 Å². The summed E-state index contributed by atoms with van der Waals surface area (Å²) >= 11 is 3.42. The van der Waals surface area contributed by atoms with Gasteiger partial charge in [0.1, 0.15) is 23.7 Å². The summed E-state index contributed by atoms with van der Waals surface area (Å²) in [6, 6.07) is 17.2. The molecule has 166 valence electrons. The van der Waals surface area contributed by atoms with Crippen LogP contribution in [0, 0.1) is 12.7 Å². The molecule has 4 amide bonds. The highest BCUT2D eigenvalue weighted by atomic mass is 79.9. The minimum atomic E-state index is -0.796. The first kappa shape index (κ1) is 22.4. The van der Waals surface area contributed by atoms with Crippen LogP contribution in [0.25, 0.3) is 6.08 Å². The van der Waals surface area contributed by atoms with E-state index in [0.717, 1.165) is 10.5 Å². The van der Waals surface area contributed by atoms with E-state index in [0.29, 0.717) is 27.0 Å². The van der Waals surface area contributed by atoms with Crippen molar-refractivity contribution < 1.29 is 23.5 Å². The van der Waals surface area contributed by atoms with Gasteiger partial charge in [-0.1, -0.05) is 30.3 Å². The summed E-state index contributed by atoms with van der Waals surface area (Å²) in [5.74, 6) is -1.31. The number of nitrogens with zero attached hydrogens (tertiary/aromatic N) is 1. The normalized spacial score (nSPS) is 15.1. The van der Waals surface area contributed by atoms with Crippen molar-refractivity contribution in [2.75, 3.05) is 4.90 Å². The molecule has 3 aromatic rings. The van der Waals surface area contributed by atoms with Gasteiger partial charge in [0.05, 0.1) is 10.2 Å². The predicted octanol–water partition coefficient (Wildman–Crippen LogP) is 5.14. The third kappa shape index (κ3) is 5.01. The molecule has 0 bridgehead atoms. The van der Waals surface area contributed by atoms with Crippen molar-refractivity contribution >= 4 is 45.5 Å². The fourth-order valence-electron chi connectivity index (χ4n) is 3.34. The number of imide groups is 2. The largest absolute Gasteiger partial charge is 0.488 e. The summed E-state index contributed by atoms with van der Waals surface area (Å²) in [6.45, 7) is 2.01. The number of hydrogen-bond donors (Lipinski definition) is 1. The molecule has 33 heavy (non-hydrogen) atoms. The molecule has 1 N–H and O–H groups in total. The second-order valence-electron chi connectivity index (χ2n) is 7.41. The maximum Gasteiger partial charge on any atom is 0.335 e. The van der Waals surface area contributed by atoms with Crippen LogP contribution in [0.2, 0.25) is 0 Å². The van der Waals surface area contributed by atoms with E-state index in [9.17, 15) is 18.8 Å². The van der Waals surface area contributed by atoms with Gasteiger partial charge in [-0.15, -0.1) is 0 Å². The van der Waals surface area contributed by atoms with Gasteiger partial charge in [-0.2, -0.15) is 0 Å². The molecule has 0 unspecified atom stereocenters. The van der Waals surface area contributed by atoms with E-state index in [1.807, 2.05) is 13.0 Å². The number of hydrogen-bond acceptors (Lipinski definition) is 4. The lowest BCUT2D eigenvalue weighted by Gasteiger charge is -2.26. The van der Waals surface area contributed by atoms with Crippen molar-refractivity contribution in [3.05, 3.63) is 99.3 Å². The summed E-state index contributed by atoms with van der Waals surface area (Å²) in [7, 11) is 0. The summed E-state index contributed by atoms with van der Waals surface area (Å²) in [5.41, 5.74) is 2.30. The molecule has 1 saturated heterocycles. The Kier molecular flexibility index (Phi) is 6.37. The molecule has 4 rings (SSSR count). The zero-order chi connectivity index (χ0) is 23.5. The number of benzene rings is 3. The monoisotopic (exact) mass is 508 g/mol. The van der Waals surface area contributed by atoms with Crippen LogP contribution in [-0.4, -0.2) is 17.8 Å². The smallest absolute Gasteiger partial charge is 0.335 e. The van der Waals surface area contributed by atoms with Gasteiger partial charge in [0, 0.05) is 0 Å². The number of nitrogens with one attached hydrogen (secondary N) is 1. The Balaban J connectivity index is 1.57. The number of rotatable bonds is 5. The second kappa shape index (κ2) is 9.38. The Hall–Kier alpha value is -3.78. The molecule has 1 heterocycles. The number of carbonyl (C=O) groups is 3. The second-order valence-corrected chi connectivity index (χ2v) is 8.26. The third-order valence-corrected chi connectivity index (χ3v) is 5.53. The maximum absolute atomic E-state index is 13.3. The topological polar surface area (TPSA) is 75.7 Å². The third-order valence-electron chi connectivity index (χ3n) is 4.91. The molecule has 1 aliphatic heterocycles. The van der Waals surface area contributed by atoms with Crippen LogP contribution in [-0.2, 0) is 16.2 Å². The van der Waals surface area contributed by atoms with Crippen LogP contribution in [0.5, 0.6) is 5.75 Å². The number of amides is 4. The minimum Gasteiger partial charge on any atom is -0.488 e. The lowest BCUT2D eigenvalue weighted by Crippen LogP contribution is -2.54. The van der Waals surface area contributed by atoms with Crippen LogP contribution < -0.4 is 15.0 Å². The number of aryl methyl sites for hydroxylation is 1. The average molecular weight is 509 g/mol. The van der Waals surface area contributed by atoms with E-state index < -0.39 is 17.8 Å². The molecule has 0 aromatic heterocycles. The Bertz CT molecular complexity index is 1310. The SMILES string of the molecule is Cc1cccc(N2C(=O)NC(=O)/C(=C\c3ccc(OCc4cccc(F)c4)c(Br)c3)C2=O)c1. The molecule has 0 spiro atoms. The number of anilines is 1. The summed E-state index contributed by atoms with van der Waals surface area (Å²) in [5, 5.41) is 2.21. The first-order valence-electron chi connectivity index (χ1n) is 9.97. The Morgan fingerprint density at radius 3 is 2.55 bits per heavy atom. The molecule has 6 nitrogen and oxygen atoms in total. The molecular formula is C25H18BrFN2O4. The average Bonchev–Trinajstić information content (AvgIpc) is 2.76. The molecule has 0 atom stereocenters. The van der Waals surface area contributed by atoms with Crippen molar-refractivity contribution in [2.24, 2.45) is 0 Å². The van der Waals surface area contributed by atoms with Crippen LogP contribution in [0.4, 0.5) is 14.9 Å². The van der Waals surface area contributed by atoms with Gasteiger partial charge in [-0.25, -0.2) is 14.1 Å². The Morgan fingerprint density at radius 2 is 1.82 bits per heavy atom. The van der Waals surface area contributed by atoms with Crippen LogP contribution in [0.1, 0.15) is 16.7 Å². The number of ether oxygens (including phenoxy) is 1. The van der Waals surface area contributed by atoms with E-state index in [2.05, 4.69) is 21.2 Å². The van der Waals surface area contributed by atoms with Crippen molar-refractivity contribution in [3.8, 4) is 5.75 Å². The van der Waals surface area contributed by atoms with E-state index in [1.165, 1.54) is 18.2 Å². The minimum absolute atomic E-state index is 0.170. The summed E-state index contributed by atoms with van der Waals surface area (Å²) < 4.78 is 19.7. The predicted molar refractivity (Wildman–Crippen MR) is 125 cm³/mol. The van der Waals surface area contributed by atoms with Gasteiger partial charge in [-0.05, 0) is 82.0 Å². The first-order chi connectivity index (χ1) is 15.8. The zero-order valence-electron chi connectivity index (χ0n) is 17.5. The maximum atomic E-state index is 13.3. The number of barbiturate groups is 1. The van der Waals surface area contributed by atoms with Gasteiger partial charge in [0.25, 0.3) is 11.8 Å². The van der Waals surface area contributed by atoms with Gasteiger partial charge >= 0.3 is 6.03 Å². The number of halogens is 2. The lowest BCUT2D eigenvalue weighted by atomic mass is 10.1. The zero-order valence-corrected chi connectivity index (χ0v) is 19.1. The molecule has 0 saturated carbocycles. The van der Waals surface area contributed by atoms with Crippen LogP contribution >= 0.6 is 15.9 Å². The van der Waals surface area contributed by atoms with E-state index in [-0.39, 0.29) is 18.0 Å². The molecule has 1 aliphatic rings. The molecule has 1 fully saturated rings. The fraction of sp³-hybridized carbons (Fsp3) is 0.0800. The molecule has 3 aromatic carbocycles. The van der Waals surface area contributed by atoms with E-state index in [1.54, 1.807) is 48.5 Å². The van der Waals surface area contributed by atoms with Crippen molar-refractivity contribution in [3.63, 3.8) is 0 Å². The van der Waals surface area contributed by atoms with Gasteiger partial charge < -0.3 is 4.74 Å². The summed E-state index contributed by atoms with van der Waals surface area (Å²) in [6.07, 6.45) is 1.41. The molecule has 0 aliphatic carbocycles. The number of carbonyl (C=O) groups excluding carboxylic acids is 3. The molecular weight excluding hydrogens is 491 g/mol. The molecule has 8 heteroatoms. The van der Waals surface area contributed by atoms with Crippen molar-refractivity contribution in [2.45, 2.75) is 13.5 Å². The highest BCUT2D eigenvalue weighted by Gasteiger charge is 2.36. The molecule has 0 radical (unpaired) electrons. The summed E-state index contributed by atoms with van der Waals surface area (Å²) in [4.78, 5) is 38.7. The Morgan fingerprint density at radius 1 is 1.03 bits per heavy atom. The van der Waals surface area contributed by atoms with Gasteiger partial charge in [0.2, 0.25) is 0 Å². The quantitative estimate of drug-likeness (QED) is 0.382. The highest BCUT2D eigenvalue weighted by molar-refractivity contribution is 9.10. The van der Waals surface area contributed by atoms with E-state index in [4.69, 9.17) is 4.74 Å². The number of urea groups is 1. The fourth-order valence-corrected chi connectivity index (χ4v) is 3.85. The van der Waals surface area contributed by atoms with E-state index >= 15 is 0 Å². The standard InChI is InChI=1S/C25H18BrFN2O4/c1-15-4-2-7-19(10-15)29-24(31)20(23(30)28-25(29)32)12-16-8-9-22(21(26)13-16)33-14-17-5-3-6-18(27)11-17/h2-13H,14H2,1H3,(H,28,30,32)/b20-12+. The highest BCUT2D eigenvalue weighted by Crippen LogP contribution is 2.29. The van der Waals surface area contributed by atoms with Crippen LogP contribution in [0.15, 0.2) is 76.8 Å². The lowest BCUT2D eigenvalue weighted by molar-refractivity contribution is -0.122. The van der Waals surface area contributed by atoms with Gasteiger partial charge in [-0.3, -0.25) is 14.9 Å². The first-order valence-corrected chi connectivity index (χ1v) is 10.8.